The largest absolute Gasteiger partial charge is 0.507 e. The van der Waals surface area contributed by atoms with Crippen molar-refractivity contribution in [3.63, 3.8) is 0 Å². The minimum atomic E-state index is -0.280. The van der Waals surface area contributed by atoms with Gasteiger partial charge in [-0.05, 0) is 64.1 Å². The molecule has 0 spiro atoms. The average Bonchev–Trinajstić information content (AvgIpc) is 2.63. The Hall–Kier alpha value is -2.82. The van der Waals surface area contributed by atoms with Crippen LogP contribution in [0.2, 0.25) is 0 Å². The predicted molar refractivity (Wildman–Crippen MR) is 103 cm³/mol. The molecule has 0 unspecified atom stereocenters. The average molecular weight is 339 g/mol. The van der Waals surface area contributed by atoms with Gasteiger partial charge in [0.1, 0.15) is 5.75 Å². The Morgan fingerprint density at radius 2 is 1.76 bits per heavy atom. The molecule has 5 heteroatoms. The number of phenols is 1. The van der Waals surface area contributed by atoms with Crippen LogP contribution in [-0.2, 0) is 0 Å². The third-order valence-corrected chi connectivity index (χ3v) is 4.13. The van der Waals surface area contributed by atoms with Gasteiger partial charge in [-0.2, -0.15) is 5.10 Å². The highest BCUT2D eigenvalue weighted by Gasteiger charge is 2.09. The summed E-state index contributed by atoms with van der Waals surface area (Å²) < 4.78 is 0. The number of nitrogens with one attached hydrogen (secondary N) is 1. The second-order valence-electron chi connectivity index (χ2n) is 5.88. The fraction of sp³-hybridized carbons (Fsp3) is 0.300. The zero-order chi connectivity index (χ0) is 18.4. The quantitative estimate of drug-likeness (QED) is 0.623. The van der Waals surface area contributed by atoms with Crippen LogP contribution in [0.1, 0.15) is 42.3 Å². The van der Waals surface area contributed by atoms with Crippen LogP contribution in [-0.4, -0.2) is 29.8 Å². The van der Waals surface area contributed by atoms with E-state index in [0.29, 0.717) is 16.8 Å². The number of hydrogen-bond acceptors (Lipinski definition) is 4. The number of nitrogens with zero attached hydrogens (tertiary/aromatic N) is 2. The van der Waals surface area contributed by atoms with E-state index in [2.05, 4.69) is 29.3 Å². The summed E-state index contributed by atoms with van der Waals surface area (Å²) in [6, 6.07) is 12.7. The number of aromatic hydroxyl groups is 1. The highest BCUT2D eigenvalue weighted by Crippen LogP contribution is 2.19. The van der Waals surface area contributed by atoms with E-state index >= 15 is 0 Å². The van der Waals surface area contributed by atoms with Crippen molar-refractivity contribution in [3.8, 4) is 5.75 Å². The number of hydrogen-bond donors (Lipinski definition) is 2. The molecule has 2 N–H and O–H groups in total. The molecule has 0 fully saturated rings. The van der Waals surface area contributed by atoms with Gasteiger partial charge >= 0.3 is 0 Å². The van der Waals surface area contributed by atoms with Gasteiger partial charge in [0.2, 0.25) is 0 Å². The summed E-state index contributed by atoms with van der Waals surface area (Å²) >= 11 is 0. The van der Waals surface area contributed by atoms with E-state index in [-0.39, 0.29) is 11.7 Å². The van der Waals surface area contributed by atoms with Gasteiger partial charge < -0.3 is 10.0 Å². The molecule has 0 aromatic heterocycles. The lowest BCUT2D eigenvalue weighted by molar-refractivity contribution is 0.0955. The molecule has 0 aliphatic carbocycles. The van der Waals surface area contributed by atoms with Crippen molar-refractivity contribution >= 4 is 17.3 Å². The van der Waals surface area contributed by atoms with Crippen molar-refractivity contribution in [2.75, 3.05) is 18.0 Å². The zero-order valence-electron chi connectivity index (χ0n) is 15.2. The first-order valence-corrected chi connectivity index (χ1v) is 8.45. The molecule has 0 heterocycles. The van der Waals surface area contributed by atoms with Crippen LogP contribution in [0.4, 0.5) is 5.69 Å². The molecule has 132 valence electrons. The van der Waals surface area contributed by atoms with Crippen LogP contribution >= 0.6 is 0 Å². The molecule has 25 heavy (non-hydrogen) atoms. The van der Waals surface area contributed by atoms with Crippen LogP contribution in [0.3, 0.4) is 0 Å². The number of amides is 1. The van der Waals surface area contributed by atoms with Crippen LogP contribution in [0.5, 0.6) is 5.75 Å². The van der Waals surface area contributed by atoms with Crippen LogP contribution in [0.15, 0.2) is 47.6 Å². The molecule has 0 aliphatic heterocycles. The molecule has 2 aromatic rings. The normalized spacial score (nSPS) is 11.3. The number of carbonyl (C=O) groups excluding carboxylic acids is 1. The second kappa shape index (κ2) is 8.33. The second-order valence-corrected chi connectivity index (χ2v) is 5.88. The van der Waals surface area contributed by atoms with Crippen molar-refractivity contribution in [2.45, 2.75) is 27.7 Å². The van der Waals surface area contributed by atoms with Crippen LogP contribution < -0.4 is 10.3 Å². The van der Waals surface area contributed by atoms with E-state index in [4.69, 9.17) is 0 Å². The van der Waals surface area contributed by atoms with Gasteiger partial charge in [-0.1, -0.05) is 11.6 Å². The Morgan fingerprint density at radius 1 is 1.12 bits per heavy atom. The van der Waals surface area contributed by atoms with E-state index in [1.165, 1.54) is 0 Å². The van der Waals surface area contributed by atoms with Crippen molar-refractivity contribution in [1.29, 1.82) is 0 Å². The van der Waals surface area contributed by atoms with E-state index in [1.54, 1.807) is 25.1 Å². The molecule has 0 saturated carbocycles. The van der Waals surface area contributed by atoms with E-state index in [9.17, 15) is 9.90 Å². The van der Waals surface area contributed by atoms with Gasteiger partial charge in [0, 0.05) is 29.9 Å². The van der Waals surface area contributed by atoms with Crippen molar-refractivity contribution in [3.05, 3.63) is 59.2 Å². The SMILES string of the molecule is CCN(CC)c1ccc(C(=O)N/N=C(\C)c2cc(C)ccc2O)cc1. The highest BCUT2D eigenvalue weighted by molar-refractivity contribution is 6.02. The monoisotopic (exact) mass is 339 g/mol. The predicted octanol–water partition coefficient (Wildman–Crippen LogP) is 3.70. The third-order valence-electron chi connectivity index (χ3n) is 4.13. The van der Waals surface area contributed by atoms with E-state index < -0.39 is 0 Å². The molecular formula is C20H25N3O2. The molecule has 0 bridgehead atoms. The minimum absolute atomic E-state index is 0.143. The van der Waals surface area contributed by atoms with Gasteiger partial charge in [0.15, 0.2) is 0 Å². The van der Waals surface area contributed by atoms with E-state index in [0.717, 1.165) is 24.3 Å². The van der Waals surface area contributed by atoms with Crippen LogP contribution in [0.25, 0.3) is 0 Å². The summed E-state index contributed by atoms with van der Waals surface area (Å²) in [5.74, 6) is -0.137. The first-order valence-electron chi connectivity index (χ1n) is 8.45. The Kier molecular flexibility index (Phi) is 6.17. The smallest absolute Gasteiger partial charge is 0.271 e. The molecule has 0 atom stereocenters. The molecule has 0 aliphatic rings. The summed E-state index contributed by atoms with van der Waals surface area (Å²) in [5, 5.41) is 14.0. The minimum Gasteiger partial charge on any atom is -0.507 e. The van der Waals surface area contributed by atoms with Crippen LogP contribution in [0, 0.1) is 6.92 Å². The zero-order valence-corrected chi connectivity index (χ0v) is 15.2. The number of phenolic OH excluding ortho intramolecular Hbond substituents is 1. The first-order chi connectivity index (χ1) is 12.0. The molecular weight excluding hydrogens is 314 g/mol. The fourth-order valence-electron chi connectivity index (χ4n) is 2.61. The molecule has 5 nitrogen and oxygen atoms in total. The Labute approximate surface area is 149 Å². The number of hydrazone groups is 1. The lowest BCUT2D eigenvalue weighted by Crippen LogP contribution is -2.22. The molecule has 0 radical (unpaired) electrons. The van der Waals surface area contributed by atoms with Gasteiger partial charge in [-0.3, -0.25) is 4.79 Å². The lowest BCUT2D eigenvalue weighted by atomic mass is 10.1. The Balaban J connectivity index is 2.10. The number of aryl methyl sites for hydroxylation is 1. The standard InChI is InChI=1S/C20H25N3O2/c1-5-23(6-2)17-10-8-16(9-11-17)20(25)22-21-15(4)18-13-14(3)7-12-19(18)24/h7-13,24H,5-6H2,1-4H3,(H,22,25)/b21-15+. The summed E-state index contributed by atoms with van der Waals surface area (Å²) in [7, 11) is 0. The van der Waals surface area contributed by atoms with Crippen molar-refractivity contribution in [2.24, 2.45) is 5.10 Å². The summed E-state index contributed by atoms with van der Waals surface area (Å²) in [6.07, 6.45) is 0. The van der Waals surface area contributed by atoms with Gasteiger partial charge in [0.25, 0.3) is 5.91 Å². The van der Waals surface area contributed by atoms with Crippen molar-refractivity contribution < 1.29 is 9.90 Å². The summed E-state index contributed by atoms with van der Waals surface area (Å²) in [5.41, 5.74) is 6.35. The molecule has 0 saturated heterocycles. The number of anilines is 1. The van der Waals surface area contributed by atoms with Gasteiger partial charge in [0.05, 0.1) is 5.71 Å². The summed E-state index contributed by atoms with van der Waals surface area (Å²) in [6.45, 7) is 9.73. The number of benzene rings is 2. The topological polar surface area (TPSA) is 64.9 Å². The van der Waals surface area contributed by atoms with Crippen molar-refractivity contribution in [1.82, 2.24) is 5.43 Å². The fourth-order valence-corrected chi connectivity index (χ4v) is 2.61. The molecule has 2 rings (SSSR count). The Morgan fingerprint density at radius 3 is 2.36 bits per heavy atom. The lowest BCUT2D eigenvalue weighted by Gasteiger charge is -2.20. The highest BCUT2D eigenvalue weighted by atomic mass is 16.3. The summed E-state index contributed by atoms with van der Waals surface area (Å²) in [4.78, 5) is 14.5. The van der Waals surface area contributed by atoms with Gasteiger partial charge in [-0.15, -0.1) is 0 Å². The maximum Gasteiger partial charge on any atom is 0.271 e. The van der Waals surface area contributed by atoms with Gasteiger partial charge in [-0.25, -0.2) is 5.43 Å². The Bertz CT molecular complexity index is 763. The maximum atomic E-state index is 12.3. The number of carbonyl (C=O) groups is 1. The molecule has 2 aromatic carbocycles. The van der Waals surface area contributed by atoms with E-state index in [1.807, 2.05) is 31.2 Å². The first kappa shape index (κ1) is 18.5. The maximum absolute atomic E-state index is 12.3. The molecule has 1 amide bonds. The number of rotatable bonds is 6. The third kappa shape index (κ3) is 4.59.